The fourth-order valence-corrected chi connectivity index (χ4v) is 3.24. The Kier molecular flexibility index (Phi) is 10.4. The minimum atomic E-state index is -3.31. The van der Waals surface area contributed by atoms with Gasteiger partial charge in [0, 0.05) is 18.8 Å². The molecule has 0 spiro atoms. The van der Waals surface area contributed by atoms with Crippen molar-refractivity contribution in [1.82, 2.24) is 0 Å². The average molecular weight is 445 g/mol. The number of benzene rings is 2. The molecule has 4 N–H and O–H groups in total. The van der Waals surface area contributed by atoms with Crippen molar-refractivity contribution in [2.75, 3.05) is 31.3 Å². The third kappa shape index (κ3) is 9.47. The summed E-state index contributed by atoms with van der Waals surface area (Å²) in [5.41, 5.74) is 8.58. The first-order chi connectivity index (χ1) is 13.3. The highest BCUT2D eigenvalue weighted by Gasteiger charge is 2.14. The third-order valence-corrected chi connectivity index (χ3v) is 4.74. The largest absolute Gasteiger partial charge is 0.491 e. The quantitative estimate of drug-likeness (QED) is 0.491. The Morgan fingerprint density at radius 2 is 1.72 bits per heavy atom. The summed E-state index contributed by atoms with van der Waals surface area (Å²) in [4.78, 5) is 0. The second-order valence-corrected chi connectivity index (χ2v) is 8.44. The summed E-state index contributed by atoms with van der Waals surface area (Å²) < 4.78 is 35.5. The van der Waals surface area contributed by atoms with E-state index in [1.165, 1.54) is 0 Å². The number of halogens is 1. The standard InChI is InChI=1S/C20H28N2O5S.ClH/c1-26-12-11-15-3-9-19(10-4-15)27-14-18(23)13-20(21)16-5-7-17(8-6-16)22-28(2,24)25;/h3-10,18,20,22-23H,11-14,21H2,1-2H3;1H. The number of sulfonamides is 1. The van der Waals surface area contributed by atoms with E-state index in [0.29, 0.717) is 24.5 Å². The zero-order valence-electron chi connectivity index (χ0n) is 16.6. The number of rotatable bonds is 11. The SMILES string of the molecule is COCCc1ccc(OCC(O)CC(N)c2ccc(NS(C)(=O)=O)cc2)cc1.Cl. The molecule has 9 heteroatoms. The fraction of sp³-hybridized carbons (Fsp3) is 0.400. The molecule has 0 fully saturated rings. The molecule has 162 valence electrons. The lowest BCUT2D eigenvalue weighted by Gasteiger charge is -2.18. The molecule has 0 aliphatic carbocycles. The number of hydrogen-bond acceptors (Lipinski definition) is 6. The van der Waals surface area contributed by atoms with Crippen molar-refractivity contribution in [3.8, 4) is 5.75 Å². The molecule has 0 saturated carbocycles. The Balaban J connectivity index is 0.00000420. The monoisotopic (exact) mass is 444 g/mol. The van der Waals surface area contributed by atoms with Crippen LogP contribution >= 0.6 is 12.4 Å². The van der Waals surface area contributed by atoms with Crippen LogP contribution in [0.2, 0.25) is 0 Å². The highest BCUT2D eigenvalue weighted by Crippen LogP contribution is 2.20. The minimum absolute atomic E-state index is 0. The zero-order valence-corrected chi connectivity index (χ0v) is 18.2. The van der Waals surface area contributed by atoms with Crippen LogP contribution in [0.1, 0.15) is 23.6 Å². The van der Waals surface area contributed by atoms with E-state index in [1.807, 2.05) is 24.3 Å². The molecule has 29 heavy (non-hydrogen) atoms. The van der Waals surface area contributed by atoms with Gasteiger partial charge in [0.15, 0.2) is 0 Å². The summed E-state index contributed by atoms with van der Waals surface area (Å²) in [7, 11) is -1.64. The van der Waals surface area contributed by atoms with Gasteiger partial charge < -0.3 is 20.3 Å². The predicted octanol–water partition coefficient (Wildman–Crippen LogP) is 2.50. The van der Waals surface area contributed by atoms with Crippen LogP contribution in [0.15, 0.2) is 48.5 Å². The summed E-state index contributed by atoms with van der Waals surface area (Å²) in [6.07, 6.45) is 1.53. The number of aliphatic hydroxyl groups excluding tert-OH is 1. The van der Waals surface area contributed by atoms with E-state index in [4.69, 9.17) is 15.2 Å². The first-order valence-electron chi connectivity index (χ1n) is 8.99. The number of nitrogens with two attached hydrogens (primary N) is 1. The van der Waals surface area contributed by atoms with E-state index >= 15 is 0 Å². The smallest absolute Gasteiger partial charge is 0.229 e. The highest BCUT2D eigenvalue weighted by atomic mass is 35.5. The molecule has 2 rings (SSSR count). The average Bonchev–Trinajstić information content (AvgIpc) is 2.65. The maximum absolute atomic E-state index is 11.2. The number of hydrogen-bond donors (Lipinski definition) is 3. The van der Waals surface area contributed by atoms with E-state index in [2.05, 4.69) is 4.72 Å². The first kappa shape index (κ1) is 25.2. The highest BCUT2D eigenvalue weighted by molar-refractivity contribution is 7.92. The van der Waals surface area contributed by atoms with E-state index in [9.17, 15) is 13.5 Å². The molecule has 0 radical (unpaired) electrons. The van der Waals surface area contributed by atoms with Gasteiger partial charge in [-0.3, -0.25) is 4.72 Å². The van der Waals surface area contributed by atoms with Crippen LogP contribution < -0.4 is 15.2 Å². The molecule has 2 unspecified atom stereocenters. The molecule has 0 bridgehead atoms. The fourth-order valence-electron chi connectivity index (χ4n) is 2.67. The lowest BCUT2D eigenvalue weighted by molar-refractivity contribution is 0.0939. The topological polar surface area (TPSA) is 111 Å². The van der Waals surface area contributed by atoms with Gasteiger partial charge in [0.2, 0.25) is 10.0 Å². The lowest BCUT2D eigenvalue weighted by atomic mass is 10.0. The van der Waals surface area contributed by atoms with Gasteiger partial charge in [-0.05, 0) is 48.2 Å². The number of nitrogens with one attached hydrogen (secondary N) is 1. The van der Waals surface area contributed by atoms with Crippen molar-refractivity contribution >= 4 is 28.1 Å². The van der Waals surface area contributed by atoms with Gasteiger partial charge in [0.25, 0.3) is 0 Å². The molecule has 2 aromatic rings. The molecule has 2 aromatic carbocycles. The van der Waals surface area contributed by atoms with Gasteiger partial charge in [-0.25, -0.2) is 8.42 Å². The van der Waals surface area contributed by atoms with Crippen LogP contribution in [-0.2, 0) is 21.2 Å². The Labute approximate surface area is 178 Å². The van der Waals surface area contributed by atoms with Gasteiger partial charge in [-0.2, -0.15) is 0 Å². The Bertz CT molecular complexity index is 829. The van der Waals surface area contributed by atoms with Crippen LogP contribution in [0.3, 0.4) is 0 Å². The summed E-state index contributed by atoms with van der Waals surface area (Å²) in [6, 6.07) is 14.1. The summed E-state index contributed by atoms with van der Waals surface area (Å²) in [5, 5.41) is 10.2. The molecule has 0 aliphatic heterocycles. The maximum Gasteiger partial charge on any atom is 0.229 e. The molecular weight excluding hydrogens is 416 g/mol. The minimum Gasteiger partial charge on any atom is -0.491 e. The van der Waals surface area contributed by atoms with Crippen LogP contribution in [0.5, 0.6) is 5.75 Å². The number of aliphatic hydroxyl groups is 1. The normalized spacial score (nSPS) is 13.2. The maximum atomic E-state index is 11.2. The second kappa shape index (κ2) is 12.0. The second-order valence-electron chi connectivity index (χ2n) is 6.69. The lowest BCUT2D eigenvalue weighted by Crippen LogP contribution is -2.24. The molecular formula is C20H29ClN2O5S. The Morgan fingerprint density at radius 3 is 2.28 bits per heavy atom. The Morgan fingerprint density at radius 1 is 1.10 bits per heavy atom. The van der Waals surface area contributed by atoms with E-state index < -0.39 is 16.1 Å². The number of ether oxygens (including phenoxy) is 2. The number of anilines is 1. The van der Waals surface area contributed by atoms with Gasteiger partial charge in [0.1, 0.15) is 12.4 Å². The van der Waals surface area contributed by atoms with Gasteiger partial charge in [-0.15, -0.1) is 12.4 Å². The summed E-state index contributed by atoms with van der Waals surface area (Å²) >= 11 is 0. The van der Waals surface area contributed by atoms with Crippen molar-refractivity contribution < 1.29 is 23.0 Å². The Hall–Kier alpha value is -1.84. The van der Waals surface area contributed by atoms with E-state index in [-0.39, 0.29) is 25.1 Å². The predicted molar refractivity (Wildman–Crippen MR) is 117 cm³/mol. The third-order valence-electron chi connectivity index (χ3n) is 4.13. The molecule has 0 saturated heterocycles. The van der Waals surface area contributed by atoms with E-state index in [1.54, 1.807) is 31.4 Å². The van der Waals surface area contributed by atoms with Crippen molar-refractivity contribution in [2.45, 2.75) is 25.0 Å². The van der Waals surface area contributed by atoms with Crippen LogP contribution in [0.25, 0.3) is 0 Å². The molecule has 2 atom stereocenters. The molecule has 0 aliphatic rings. The molecule has 0 amide bonds. The van der Waals surface area contributed by atoms with E-state index in [0.717, 1.165) is 23.8 Å². The van der Waals surface area contributed by atoms with Gasteiger partial charge >= 0.3 is 0 Å². The summed E-state index contributed by atoms with van der Waals surface area (Å²) in [6.45, 7) is 0.806. The van der Waals surface area contributed by atoms with Crippen LogP contribution in [0.4, 0.5) is 5.69 Å². The van der Waals surface area contributed by atoms with Crippen molar-refractivity contribution in [3.63, 3.8) is 0 Å². The summed E-state index contributed by atoms with van der Waals surface area (Å²) in [5.74, 6) is 0.685. The first-order valence-corrected chi connectivity index (χ1v) is 10.9. The van der Waals surface area contributed by atoms with Crippen molar-refractivity contribution in [2.24, 2.45) is 5.73 Å². The van der Waals surface area contributed by atoms with Crippen LogP contribution in [-0.4, -0.2) is 46.2 Å². The van der Waals surface area contributed by atoms with Crippen molar-refractivity contribution in [3.05, 3.63) is 59.7 Å². The number of methoxy groups -OCH3 is 1. The van der Waals surface area contributed by atoms with Crippen LogP contribution in [0, 0.1) is 0 Å². The van der Waals surface area contributed by atoms with Crippen molar-refractivity contribution in [1.29, 1.82) is 0 Å². The van der Waals surface area contributed by atoms with Gasteiger partial charge in [-0.1, -0.05) is 24.3 Å². The molecule has 0 aromatic heterocycles. The molecule has 0 heterocycles. The zero-order chi connectivity index (χ0) is 20.6. The van der Waals surface area contributed by atoms with Gasteiger partial charge in [0.05, 0.1) is 19.0 Å². The molecule has 7 nitrogen and oxygen atoms in total.